The van der Waals surface area contributed by atoms with Crippen LogP contribution in [0.1, 0.15) is 5.56 Å². The van der Waals surface area contributed by atoms with Crippen molar-refractivity contribution in [1.82, 2.24) is 0 Å². The van der Waals surface area contributed by atoms with Gasteiger partial charge >= 0.3 is 0 Å². The van der Waals surface area contributed by atoms with Crippen LogP contribution in [0, 0.1) is 11.2 Å². The van der Waals surface area contributed by atoms with Gasteiger partial charge in [0.2, 0.25) is 0 Å². The second-order valence-electron chi connectivity index (χ2n) is 4.58. The molecular weight excluding hydrogens is 323 g/mol. The fourth-order valence-electron chi connectivity index (χ4n) is 2.02. The lowest BCUT2D eigenvalue weighted by Crippen LogP contribution is -2.28. The second-order valence-corrected chi connectivity index (χ2v) is 6.05. The van der Waals surface area contributed by atoms with Crippen molar-refractivity contribution in [1.29, 1.82) is 5.41 Å². The molecule has 1 saturated heterocycles. The molecule has 0 atom stereocenters. The van der Waals surface area contributed by atoms with Gasteiger partial charge in [-0.2, -0.15) is 0 Å². The lowest BCUT2D eigenvalue weighted by atomic mass is 10.2. The lowest BCUT2D eigenvalue weighted by Gasteiger charge is -2.13. The SMILES string of the molecule is N=C1S/C(=C\c2ccc(Cl)cc2)C(=O)N1c1ccc(F)cc1. The highest BCUT2D eigenvalue weighted by atomic mass is 35.5. The smallest absolute Gasteiger partial charge is 0.271 e. The summed E-state index contributed by atoms with van der Waals surface area (Å²) in [7, 11) is 0. The minimum absolute atomic E-state index is 0.0943. The molecular formula is C16H10ClFN2OS. The van der Waals surface area contributed by atoms with Gasteiger partial charge in [-0.05, 0) is 59.8 Å². The summed E-state index contributed by atoms with van der Waals surface area (Å²) in [4.78, 5) is 14.1. The van der Waals surface area contributed by atoms with Crippen LogP contribution in [0.3, 0.4) is 0 Å². The number of nitrogens with one attached hydrogen (secondary N) is 1. The first-order chi connectivity index (χ1) is 10.5. The molecule has 0 spiro atoms. The first-order valence-electron chi connectivity index (χ1n) is 6.38. The maximum absolute atomic E-state index is 13.0. The van der Waals surface area contributed by atoms with E-state index in [1.54, 1.807) is 30.3 Å². The molecule has 6 heteroatoms. The summed E-state index contributed by atoms with van der Waals surface area (Å²) in [6, 6.07) is 12.6. The number of nitrogens with zero attached hydrogens (tertiary/aromatic N) is 1. The van der Waals surface area contributed by atoms with E-state index < -0.39 is 0 Å². The number of hydrogen-bond donors (Lipinski definition) is 1. The van der Waals surface area contributed by atoms with E-state index in [0.717, 1.165) is 17.3 Å². The highest BCUT2D eigenvalue weighted by molar-refractivity contribution is 8.19. The minimum atomic E-state index is -0.383. The average Bonchev–Trinajstić information content (AvgIpc) is 2.77. The third-order valence-electron chi connectivity index (χ3n) is 3.08. The summed E-state index contributed by atoms with van der Waals surface area (Å²) in [6.07, 6.45) is 1.71. The minimum Gasteiger partial charge on any atom is -0.278 e. The Hall–Kier alpha value is -2.11. The summed E-state index contributed by atoms with van der Waals surface area (Å²) < 4.78 is 13.0. The average molecular weight is 333 g/mol. The number of carbonyl (C=O) groups is 1. The first-order valence-corrected chi connectivity index (χ1v) is 7.58. The molecule has 0 aromatic heterocycles. The van der Waals surface area contributed by atoms with Gasteiger partial charge in [0.15, 0.2) is 5.17 Å². The van der Waals surface area contributed by atoms with Crippen molar-refractivity contribution < 1.29 is 9.18 Å². The summed E-state index contributed by atoms with van der Waals surface area (Å²) in [6.45, 7) is 0. The van der Waals surface area contributed by atoms with E-state index in [4.69, 9.17) is 17.0 Å². The second kappa shape index (κ2) is 5.94. The monoisotopic (exact) mass is 332 g/mol. The van der Waals surface area contributed by atoms with Crippen LogP contribution in [0.4, 0.5) is 10.1 Å². The van der Waals surface area contributed by atoms with Crippen LogP contribution < -0.4 is 4.90 Å². The van der Waals surface area contributed by atoms with E-state index in [0.29, 0.717) is 15.6 Å². The van der Waals surface area contributed by atoms with E-state index in [2.05, 4.69) is 0 Å². The number of halogens is 2. The summed E-state index contributed by atoms with van der Waals surface area (Å²) >= 11 is 6.90. The van der Waals surface area contributed by atoms with Gasteiger partial charge in [0, 0.05) is 5.02 Å². The topological polar surface area (TPSA) is 44.2 Å². The zero-order valence-corrected chi connectivity index (χ0v) is 12.8. The van der Waals surface area contributed by atoms with Gasteiger partial charge in [0.1, 0.15) is 5.82 Å². The van der Waals surface area contributed by atoms with Gasteiger partial charge in [0.05, 0.1) is 10.6 Å². The standard InChI is InChI=1S/C16H10ClFN2OS/c17-11-3-1-10(2-4-11)9-14-15(21)20(16(19)22-14)13-7-5-12(18)6-8-13/h1-9,19H/b14-9-,19-16?. The highest BCUT2D eigenvalue weighted by Crippen LogP contribution is 2.35. The Morgan fingerprint density at radius 1 is 1.09 bits per heavy atom. The van der Waals surface area contributed by atoms with E-state index in [-0.39, 0.29) is 16.9 Å². The Bertz CT molecular complexity index is 772. The Morgan fingerprint density at radius 2 is 1.73 bits per heavy atom. The normalized spacial score (nSPS) is 16.6. The van der Waals surface area contributed by atoms with E-state index in [1.807, 2.05) is 0 Å². The number of carbonyl (C=O) groups excluding carboxylic acids is 1. The molecule has 0 bridgehead atoms. The van der Waals surface area contributed by atoms with Crippen LogP contribution in [0.5, 0.6) is 0 Å². The van der Waals surface area contributed by atoms with E-state index in [1.165, 1.54) is 29.2 Å². The van der Waals surface area contributed by atoms with Gasteiger partial charge in [-0.1, -0.05) is 23.7 Å². The van der Waals surface area contributed by atoms with E-state index in [9.17, 15) is 9.18 Å². The maximum atomic E-state index is 13.0. The molecule has 2 aromatic rings. The molecule has 2 aromatic carbocycles. The summed E-state index contributed by atoms with van der Waals surface area (Å²) in [5.41, 5.74) is 1.30. The quantitative estimate of drug-likeness (QED) is 0.821. The Balaban J connectivity index is 1.91. The molecule has 1 aliphatic rings. The Morgan fingerprint density at radius 3 is 2.36 bits per heavy atom. The van der Waals surface area contributed by atoms with Crippen LogP contribution in [-0.4, -0.2) is 11.1 Å². The van der Waals surface area contributed by atoms with Gasteiger partial charge in [-0.25, -0.2) is 4.39 Å². The predicted molar refractivity (Wildman–Crippen MR) is 88.6 cm³/mol. The van der Waals surface area contributed by atoms with Crippen molar-refractivity contribution >= 4 is 46.2 Å². The number of hydrogen-bond acceptors (Lipinski definition) is 3. The molecule has 1 amide bonds. The molecule has 1 heterocycles. The van der Waals surface area contributed by atoms with Crippen molar-refractivity contribution in [2.75, 3.05) is 4.90 Å². The van der Waals surface area contributed by atoms with Crippen molar-refractivity contribution in [2.45, 2.75) is 0 Å². The zero-order chi connectivity index (χ0) is 15.7. The molecule has 1 N–H and O–H groups in total. The fraction of sp³-hybridized carbons (Fsp3) is 0. The maximum Gasteiger partial charge on any atom is 0.271 e. The molecule has 0 saturated carbocycles. The molecule has 110 valence electrons. The molecule has 22 heavy (non-hydrogen) atoms. The fourth-order valence-corrected chi connectivity index (χ4v) is 3.01. The van der Waals surface area contributed by atoms with Crippen molar-refractivity contribution in [2.24, 2.45) is 0 Å². The van der Waals surface area contributed by atoms with Crippen LogP contribution in [-0.2, 0) is 4.79 Å². The van der Waals surface area contributed by atoms with Gasteiger partial charge in [-0.15, -0.1) is 0 Å². The molecule has 0 radical (unpaired) electrons. The van der Waals surface area contributed by atoms with Crippen LogP contribution in [0.25, 0.3) is 6.08 Å². The number of rotatable bonds is 2. The van der Waals surface area contributed by atoms with Crippen molar-refractivity contribution in [3.63, 3.8) is 0 Å². The van der Waals surface area contributed by atoms with Crippen LogP contribution in [0.2, 0.25) is 5.02 Å². The lowest BCUT2D eigenvalue weighted by molar-refractivity contribution is -0.113. The number of benzene rings is 2. The predicted octanol–water partition coefficient (Wildman–Crippen LogP) is 4.53. The molecule has 0 unspecified atom stereocenters. The van der Waals surface area contributed by atoms with Crippen LogP contribution in [0.15, 0.2) is 53.4 Å². The molecule has 3 rings (SSSR count). The van der Waals surface area contributed by atoms with Gasteiger partial charge in [0.25, 0.3) is 5.91 Å². The first kappa shape index (κ1) is 14.8. The Kier molecular flexibility index (Phi) is 4.00. The highest BCUT2D eigenvalue weighted by Gasteiger charge is 2.33. The van der Waals surface area contributed by atoms with E-state index >= 15 is 0 Å². The summed E-state index contributed by atoms with van der Waals surface area (Å²) in [5, 5.41) is 8.68. The third kappa shape index (κ3) is 2.91. The number of thioether (sulfide) groups is 1. The molecule has 1 aliphatic heterocycles. The summed E-state index contributed by atoms with van der Waals surface area (Å²) in [5.74, 6) is -0.678. The molecule has 3 nitrogen and oxygen atoms in total. The zero-order valence-electron chi connectivity index (χ0n) is 11.2. The third-order valence-corrected chi connectivity index (χ3v) is 4.22. The number of amides is 1. The van der Waals surface area contributed by atoms with Gasteiger partial charge < -0.3 is 0 Å². The number of anilines is 1. The molecule has 1 fully saturated rings. The molecule has 0 aliphatic carbocycles. The largest absolute Gasteiger partial charge is 0.278 e. The van der Waals surface area contributed by atoms with Crippen molar-refractivity contribution in [3.8, 4) is 0 Å². The van der Waals surface area contributed by atoms with Gasteiger partial charge in [-0.3, -0.25) is 15.1 Å². The number of amidine groups is 1. The Labute approximate surface area is 135 Å². The van der Waals surface area contributed by atoms with Crippen LogP contribution >= 0.6 is 23.4 Å². The van der Waals surface area contributed by atoms with Crippen molar-refractivity contribution in [3.05, 3.63) is 69.8 Å².